The van der Waals surface area contributed by atoms with Crippen molar-refractivity contribution in [2.45, 2.75) is 36.3 Å². The molecule has 0 aliphatic heterocycles. The highest BCUT2D eigenvalue weighted by Gasteiger charge is 2.37. The van der Waals surface area contributed by atoms with Crippen molar-refractivity contribution in [2.75, 3.05) is 0 Å². The van der Waals surface area contributed by atoms with E-state index in [1.165, 1.54) is 0 Å². The lowest BCUT2D eigenvalue weighted by atomic mass is 9.76. The average Bonchev–Trinajstić information content (AvgIpc) is 2.51. The van der Waals surface area contributed by atoms with Gasteiger partial charge in [-0.25, -0.2) is 21.9 Å². The summed E-state index contributed by atoms with van der Waals surface area (Å²) in [6, 6.07) is 11.7. The van der Waals surface area contributed by atoms with Crippen LogP contribution in [0.4, 0.5) is 8.78 Å². The van der Waals surface area contributed by atoms with E-state index in [9.17, 15) is 22.3 Å². The van der Waals surface area contributed by atoms with Crippen LogP contribution in [0.3, 0.4) is 0 Å². The van der Waals surface area contributed by atoms with Crippen molar-refractivity contribution in [1.29, 1.82) is 0 Å². The van der Waals surface area contributed by atoms with Gasteiger partial charge in [-0.15, -0.1) is 0 Å². The van der Waals surface area contributed by atoms with Crippen LogP contribution in [0.1, 0.15) is 18.4 Å². The fourth-order valence-electron chi connectivity index (χ4n) is 3.13. The summed E-state index contributed by atoms with van der Waals surface area (Å²) < 4.78 is 55.3. The Morgan fingerprint density at radius 1 is 1.04 bits per heavy atom. The van der Waals surface area contributed by atoms with Gasteiger partial charge in [0, 0.05) is 6.04 Å². The third-order valence-corrected chi connectivity index (χ3v) is 6.05. The van der Waals surface area contributed by atoms with Gasteiger partial charge in [0.05, 0.1) is 6.10 Å². The predicted octanol–water partition coefficient (Wildman–Crippen LogP) is 2.63. The number of aliphatic hydroxyl groups is 1. The van der Waals surface area contributed by atoms with E-state index in [1.807, 2.05) is 30.3 Å². The van der Waals surface area contributed by atoms with E-state index in [4.69, 9.17) is 0 Å². The molecule has 2 aromatic carbocycles. The zero-order valence-electron chi connectivity index (χ0n) is 13.4. The first kappa shape index (κ1) is 18.0. The summed E-state index contributed by atoms with van der Waals surface area (Å²) in [5.41, 5.74) is 0.908. The van der Waals surface area contributed by atoms with E-state index in [-0.39, 0.29) is 5.92 Å². The average molecular weight is 367 g/mol. The second-order valence-corrected chi connectivity index (χ2v) is 8.00. The molecule has 0 saturated heterocycles. The SMILES string of the molecule is O=S(=O)(N[C@@H](Cc1ccccc1)C1CC(O)C1)c1c(F)cccc1F. The molecule has 1 aliphatic carbocycles. The number of nitrogens with one attached hydrogen (secondary N) is 1. The summed E-state index contributed by atoms with van der Waals surface area (Å²) in [5, 5.41) is 9.54. The molecule has 0 heterocycles. The third kappa shape index (κ3) is 4.05. The van der Waals surface area contributed by atoms with Crippen molar-refractivity contribution in [2.24, 2.45) is 5.92 Å². The Morgan fingerprint density at radius 2 is 1.64 bits per heavy atom. The van der Waals surface area contributed by atoms with Gasteiger partial charge in [-0.2, -0.15) is 0 Å². The number of halogens is 2. The molecule has 7 heteroatoms. The Hall–Kier alpha value is -1.83. The van der Waals surface area contributed by atoms with Gasteiger partial charge in [-0.05, 0) is 42.9 Å². The first-order valence-corrected chi connectivity index (χ1v) is 9.53. The minimum atomic E-state index is -4.36. The molecule has 1 atom stereocenters. The normalized spacial score (nSPS) is 21.6. The summed E-state index contributed by atoms with van der Waals surface area (Å²) in [7, 11) is -4.36. The lowest BCUT2D eigenvalue weighted by molar-refractivity contribution is 0.0283. The lowest BCUT2D eigenvalue weighted by Gasteiger charge is -2.38. The van der Waals surface area contributed by atoms with Crippen LogP contribution in [0.2, 0.25) is 0 Å². The van der Waals surface area contributed by atoms with Crippen LogP contribution < -0.4 is 4.72 Å². The first-order valence-electron chi connectivity index (χ1n) is 8.05. The molecule has 0 spiro atoms. The fourth-order valence-corrected chi connectivity index (χ4v) is 4.57. The molecule has 0 unspecified atom stereocenters. The monoisotopic (exact) mass is 367 g/mol. The van der Waals surface area contributed by atoms with E-state index in [2.05, 4.69) is 4.72 Å². The van der Waals surface area contributed by atoms with E-state index in [0.29, 0.717) is 19.3 Å². The van der Waals surface area contributed by atoms with Crippen LogP contribution in [0.5, 0.6) is 0 Å². The maximum absolute atomic E-state index is 13.9. The van der Waals surface area contributed by atoms with Gasteiger partial charge in [0.1, 0.15) is 11.6 Å². The van der Waals surface area contributed by atoms with Crippen molar-refractivity contribution in [1.82, 2.24) is 4.72 Å². The maximum atomic E-state index is 13.9. The van der Waals surface area contributed by atoms with Gasteiger partial charge >= 0.3 is 0 Å². The van der Waals surface area contributed by atoms with Gasteiger partial charge in [0.25, 0.3) is 0 Å². The zero-order valence-corrected chi connectivity index (χ0v) is 14.2. The van der Waals surface area contributed by atoms with Crippen LogP contribution >= 0.6 is 0 Å². The predicted molar refractivity (Wildman–Crippen MR) is 89.3 cm³/mol. The Morgan fingerprint density at radius 3 is 2.20 bits per heavy atom. The van der Waals surface area contributed by atoms with Crippen molar-refractivity contribution >= 4 is 10.0 Å². The number of sulfonamides is 1. The third-order valence-electron chi connectivity index (χ3n) is 4.51. The summed E-state index contributed by atoms with van der Waals surface area (Å²) in [6.45, 7) is 0. The standard InChI is InChI=1S/C18H19F2NO3S/c19-15-7-4-8-16(20)18(15)25(23,24)21-17(13-10-14(22)11-13)9-12-5-2-1-3-6-12/h1-8,13-14,17,21-22H,9-11H2/t13?,14?,17-/m0/s1. The van der Waals surface area contributed by atoms with E-state index >= 15 is 0 Å². The molecule has 0 aromatic heterocycles. The fraction of sp³-hybridized carbons (Fsp3) is 0.333. The summed E-state index contributed by atoms with van der Waals surface area (Å²) >= 11 is 0. The number of hydrogen-bond donors (Lipinski definition) is 2. The highest BCUT2D eigenvalue weighted by Crippen LogP contribution is 2.33. The molecule has 1 saturated carbocycles. The molecule has 2 N–H and O–H groups in total. The molecule has 1 fully saturated rings. The van der Waals surface area contributed by atoms with Crippen LogP contribution in [-0.2, 0) is 16.4 Å². The zero-order chi connectivity index (χ0) is 18.0. The van der Waals surface area contributed by atoms with Crippen molar-refractivity contribution in [3.63, 3.8) is 0 Å². The summed E-state index contributed by atoms with van der Waals surface area (Å²) in [4.78, 5) is -0.965. The summed E-state index contributed by atoms with van der Waals surface area (Å²) in [6.07, 6.45) is 0.838. The molecule has 25 heavy (non-hydrogen) atoms. The minimum absolute atomic E-state index is 0.0835. The molecule has 0 radical (unpaired) electrons. The van der Waals surface area contributed by atoms with Gasteiger partial charge in [-0.3, -0.25) is 0 Å². The van der Waals surface area contributed by atoms with Crippen LogP contribution in [0.15, 0.2) is 53.4 Å². The summed E-state index contributed by atoms with van der Waals surface area (Å²) in [5.74, 6) is -2.33. The van der Waals surface area contributed by atoms with E-state index in [0.717, 1.165) is 23.8 Å². The highest BCUT2D eigenvalue weighted by molar-refractivity contribution is 7.89. The Balaban J connectivity index is 1.86. The van der Waals surface area contributed by atoms with Gasteiger partial charge in [-0.1, -0.05) is 36.4 Å². The molecule has 134 valence electrons. The second-order valence-electron chi connectivity index (χ2n) is 6.35. The van der Waals surface area contributed by atoms with Crippen molar-refractivity contribution < 1.29 is 22.3 Å². The largest absolute Gasteiger partial charge is 0.393 e. The topological polar surface area (TPSA) is 66.4 Å². The van der Waals surface area contributed by atoms with Gasteiger partial charge in [0.2, 0.25) is 10.0 Å². The first-order chi connectivity index (χ1) is 11.9. The molecule has 2 aromatic rings. The number of aliphatic hydroxyl groups excluding tert-OH is 1. The van der Waals surface area contributed by atoms with Crippen molar-refractivity contribution in [3.8, 4) is 0 Å². The Kier molecular flexibility index (Phi) is 5.17. The van der Waals surface area contributed by atoms with E-state index < -0.39 is 38.7 Å². The molecule has 0 bridgehead atoms. The van der Waals surface area contributed by atoms with Crippen LogP contribution in [0, 0.1) is 17.6 Å². The number of rotatable bonds is 6. The van der Waals surface area contributed by atoms with Crippen LogP contribution in [-0.4, -0.2) is 25.7 Å². The van der Waals surface area contributed by atoms with Crippen molar-refractivity contribution in [3.05, 3.63) is 65.7 Å². The van der Waals surface area contributed by atoms with Gasteiger partial charge in [0.15, 0.2) is 4.90 Å². The molecular weight excluding hydrogens is 348 g/mol. The second kappa shape index (κ2) is 7.19. The maximum Gasteiger partial charge on any atom is 0.246 e. The highest BCUT2D eigenvalue weighted by atomic mass is 32.2. The molecule has 0 amide bonds. The minimum Gasteiger partial charge on any atom is -0.393 e. The molecule has 4 nitrogen and oxygen atoms in total. The molecular formula is C18H19F2NO3S. The smallest absolute Gasteiger partial charge is 0.246 e. The number of benzene rings is 2. The Labute approximate surface area is 145 Å². The quantitative estimate of drug-likeness (QED) is 0.825. The van der Waals surface area contributed by atoms with Gasteiger partial charge < -0.3 is 5.11 Å². The Bertz CT molecular complexity index is 816. The van der Waals surface area contributed by atoms with Crippen LogP contribution in [0.25, 0.3) is 0 Å². The lowest BCUT2D eigenvalue weighted by Crippen LogP contribution is -2.48. The molecule has 1 aliphatic rings. The molecule has 3 rings (SSSR count). The van der Waals surface area contributed by atoms with E-state index in [1.54, 1.807) is 0 Å². The number of hydrogen-bond acceptors (Lipinski definition) is 3.